The summed E-state index contributed by atoms with van der Waals surface area (Å²) < 4.78 is 34.3. The number of hydrogen-bond acceptors (Lipinski definition) is 11. The average molecular weight is 1050 g/mol. The van der Waals surface area contributed by atoms with Crippen molar-refractivity contribution in [2.45, 2.75) is 198 Å². The molecule has 0 radical (unpaired) electrons. The van der Waals surface area contributed by atoms with Gasteiger partial charge in [-0.15, -0.1) is 0 Å². The predicted molar refractivity (Wildman–Crippen MR) is 303 cm³/mol. The van der Waals surface area contributed by atoms with Gasteiger partial charge >= 0.3 is 13.8 Å². The van der Waals surface area contributed by atoms with E-state index in [-0.39, 0.29) is 13.0 Å². The summed E-state index contributed by atoms with van der Waals surface area (Å²) >= 11 is 0. The molecule has 0 aromatic carbocycles. The highest BCUT2D eigenvalue weighted by Gasteiger charge is 2.51. The monoisotopic (exact) mass is 1050 g/mol. The van der Waals surface area contributed by atoms with Crippen LogP contribution in [0.15, 0.2) is 158 Å². The van der Waals surface area contributed by atoms with Crippen LogP contribution in [0.25, 0.3) is 0 Å². The lowest BCUT2D eigenvalue weighted by Crippen LogP contribution is -2.64. The maximum absolute atomic E-state index is 12.9. The summed E-state index contributed by atoms with van der Waals surface area (Å²) in [5.74, 6) is -0.550. The number of carbonyl (C=O) groups is 1. The van der Waals surface area contributed by atoms with E-state index in [1.807, 2.05) is 12.2 Å². The SMILES string of the molecule is CC/C=C\C/C=C\C/C=C\C/C=C\C/C=C\C/C=C\C/C=C\CCCC(=O)OC(COCCCCCCC/C=C\C/C=C\C/C=C\C/C=C\C/C=C\C/C=C\CC)COP(=O)(O)OC1C(O)C(O)C(O)C(O)C1O. The van der Waals surface area contributed by atoms with Crippen LogP contribution in [0.4, 0.5) is 0 Å². The van der Waals surface area contributed by atoms with Crippen molar-refractivity contribution < 1.29 is 58.3 Å². The summed E-state index contributed by atoms with van der Waals surface area (Å²) in [7, 11) is -5.06. The maximum Gasteiger partial charge on any atom is 0.472 e. The summed E-state index contributed by atoms with van der Waals surface area (Å²) in [6.45, 7) is 3.91. The van der Waals surface area contributed by atoms with Gasteiger partial charge in [-0.05, 0) is 116 Å². The van der Waals surface area contributed by atoms with E-state index in [0.717, 1.165) is 122 Å². The van der Waals surface area contributed by atoms with E-state index in [0.29, 0.717) is 19.4 Å². The molecule has 74 heavy (non-hydrogen) atoms. The molecule has 0 spiro atoms. The lowest BCUT2D eigenvalue weighted by Gasteiger charge is -2.41. The van der Waals surface area contributed by atoms with E-state index >= 15 is 0 Å². The third-order valence-electron chi connectivity index (χ3n) is 11.4. The van der Waals surface area contributed by atoms with E-state index in [2.05, 4.69) is 160 Å². The van der Waals surface area contributed by atoms with E-state index in [4.69, 9.17) is 18.5 Å². The van der Waals surface area contributed by atoms with Gasteiger partial charge in [0, 0.05) is 13.0 Å². The molecule has 12 nitrogen and oxygen atoms in total. The predicted octanol–water partition coefficient (Wildman–Crippen LogP) is 13.1. The molecule has 6 atom stereocenters. The number of rotatable bonds is 44. The molecule has 0 aromatic rings. The van der Waals surface area contributed by atoms with Crippen LogP contribution >= 0.6 is 7.82 Å². The zero-order chi connectivity index (χ0) is 54.0. The average Bonchev–Trinajstić information content (AvgIpc) is 3.39. The first-order valence-corrected chi connectivity index (χ1v) is 28.8. The number of phosphoric acid groups is 1. The number of ether oxygens (including phenoxy) is 2. The molecule has 0 aromatic heterocycles. The van der Waals surface area contributed by atoms with Crippen LogP contribution in [0.1, 0.15) is 155 Å². The van der Waals surface area contributed by atoms with Crippen molar-refractivity contribution in [2.75, 3.05) is 19.8 Å². The molecule has 6 N–H and O–H groups in total. The minimum Gasteiger partial charge on any atom is -0.457 e. The van der Waals surface area contributed by atoms with Gasteiger partial charge in [0.1, 0.15) is 42.7 Å². The summed E-state index contributed by atoms with van der Waals surface area (Å²) in [4.78, 5) is 23.3. The van der Waals surface area contributed by atoms with Crippen molar-refractivity contribution in [1.29, 1.82) is 0 Å². The minimum absolute atomic E-state index is 0.0885. The second-order valence-corrected chi connectivity index (χ2v) is 19.4. The summed E-state index contributed by atoms with van der Waals surface area (Å²) in [6, 6.07) is 0. The van der Waals surface area contributed by atoms with Crippen LogP contribution in [-0.4, -0.2) is 98.9 Å². The van der Waals surface area contributed by atoms with Gasteiger partial charge in [-0.2, -0.15) is 0 Å². The van der Waals surface area contributed by atoms with Crippen molar-refractivity contribution in [3.63, 3.8) is 0 Å². The largest absolute Gasteiger partial charge is 0.472 e. The third-order valence-corrected chi connectivity index (χ3v) is 12.4. The Hall–Kier alpha value is -4.04. The highest BCUT2D eigenvalue weighted by atomic mass is 31.2. The van der Waals surface area contributed by atoms with E-state index in [1.165, 1.54) is 0 Å². The highest BCUT2D eigenvalue weighted by molar-refractivity contribution is 7.47. The summed E-state index contributed by atoms with van der Waals surface area (Å²) in [5, 5.41) is 50.4. The number of carbonyl (C=O) groups excluding carboxylic acids is 1. The Morgan fingerprint density at radius 2 is 0.757 bits per heavy atom. The van der Waals surface area contributed by atoms with Gasteiger partial charge in [0.2, 0.25) is 0 Å². The minimum atomic E-state index is -5.06. The highest BCUT2D eigenvalue weighted by Crippen LogP contribution is 2.47. The lowest BCUT2D eigenvalue weighted by atomic mass is 9.85. The Labute approximate surface area is 446 Å². The molecular weight excluding hydrogens is 956 g/mol. The number of phosphoric ester groups is 1. The fraction of sp³-hybridized carbons (Fsp3) is 0.557. The Morgan fingerprint density at radius 3 is 1.15 bits per heavy atom. The van der Waals surface area contributed by atoms with Crippen molar-refractivity contribution in [3.05, 3.63) is 158 Å². The van der Waals surface area contributed by atoms with Gasteiger partial charge in [-0.3, -0.25) is 13.8 Å². The number of unbranched alkanes of at least 4 members (excludes halogenated alkanes) is 6. The van der Waals surface area contributed by atoms with E-state index in [9.17, 15) is 39.8 Å². The molecule has 1 aliphatic carbocycles. The third kappa shape index (κ3) is 39.4. The van der Waals surface area contributed by atoms with Crippen LogP contribution in [0.2, 0.25) is 0 Å². The molecule has 416 valence electrons. The van der Waals surface area contributed by atoms with Gasteiger partial charge < -0.3 is 39.9 Å². The second kappa shape index (κ2) is 48.6. The normalized spacial score (nSPS) is 21.7. The van der Waals surface area contributed by atoms with Gasteiger partial charge in [0.15, 0.2) is 0 Å². The first-order chi connectivity index (χ1) is 36.0. The van der Waals surface area contributed by atoms with E-state index < -0.39 is 63.1 Å². The molecule has 1 rings (SSSR count). The Bertz CT molecular complexity index is 1820. The maximum atomic E-state index is 12.9. The molecule has 0 amide bonds. The van der Waals surface area contributed by atoms with Crippen LogP contribution in [0, 0.1) is 0 Å². The van der Waals surface area contributed by atoms with Crippen molar-refractivity contribution >= 4 is 13.8 Å². The van der Waals surface area contributed by atoms with Crippen LogP contribution < -0.4 is 0 Å². The summed E-state index contributed by atoms with van der Waals surface area (Å²) in [5.41, 5.74) is 0. The van der Waals surface area contributed by atoms with Crippen LogP contribution in [0.5, 0.6) is 0 Å². The molecule has 1 fully saturated rings. The number of aliphatic hydroxyl groups is 5. The molecule has 6 unspecified atom stereocenters. The standard InChI is InChI=1S/C61H95O12P/c1-3-5-7-9-11-13-15-17-19-21-23-25-27-29-31-33-35-37-39-41-43-45-47-49-51-70-52-54(53-71-74(68,69)73-61-59(66)57(64)56(63)58(65)60(61)67)72-55(62)50-48-46-44-42-40-38-36-34-32-30-28-26-24-22-20-18-16-14-12-10-8-6-4-2/h5-8,11-14,17-20,23-26,29-32,35-38,42,44,54,56-61,63-67H,3-4,9-10,15-16,21-22,27-28,33-34,39-41,43,45-53H2,1-2H3,(H,68,69)/b7-5-,8-6-,13-11-,14-12-,19-17-,20-18-,25-23-,26-24-,31-29-,32-30-,37-35-,38-36-,44-42-. The van der Waals surface area contributed by atoms with Gasteiger partial charge in [0.05, 0.1) is 13.2 Å². The van der Waals surface area contributed by atoms with Crippen molar-refractivity contribution in [3.8, 4) is 0 Å². The summed E-state index contributed by atoms with van der Waals surface area (Å²) in [6.07, 6.45) is 63.1. The molecule has 0 bridgehead atoms. The molecule has 1 saturated carbocycles. The van der Waals surface area contributed by atoms with Crippen LogP contribution in [0.3, 0.4) is 0 Å². The van der Waals surface area contributed by atoms with Crippen LogP contribution in [-0.2, 0) is 27.9 Å². The number of aliphatic hydroxyl groups excluding tert-OH is 5. The fourth-order valence-electron chi connectivity index (χ4n) is 7.17. The molecular formula is C61H95O12P. The second-order valence-electron chi connectivity index (χ2n) is 18.0. The zero-order valence-corrected chi connectivity index (χ0v) is 45.7. The quantitative estimate of drug-likeness (QED) is 0.0147. The zero-order valence-electron chi connectivity index (χ0n) is 44.8. The van der Waals surface area contributed by atoms with Gasteiger partial charge in [0.25, 0.3) is 0 Å². The van der Waals surface area contributed by atoms with Crippen molar-refractivity contribution in [2.24, 2.45) is 0 Å². The first kappa shape index (κ1) is 68.0. The Balaban J connectivity index is 2.41. The molecule has 0 heterocycles. The van der Waals surface area contributed by atoms with E-state index in [1.54, 1.807) is 0 Å². The van der Waals surface area contributed by atoms with Gasteiger partial charge in [-0.1, -0.05) is 191 Å². The number of esters is 1. The van der Waals surface area contributed by atoms with Gasteiger partial charge in [-0.25, -0.2) is 4.57 Å². The molecule has 0 aliphatic heterocycles. The Morgan fingerprint density at radius 1 is 0.432 bits per heavy atom. The fourth-order valence-corrected chi connectivity index (χ4v) is 8.14. The smallest absolute Gasteiger partial charge is 0.457 e. The number of allylic oxidation sites excluding steroid dienone is 26. The first-order valence-electron chi connectivity index (χ1n) is 27.3. The Kier molecular flexibility index (Phi) is 44.6. The topological polar surface area (TPSA) is 192 Å². The molecule has 1 aliphatic rings. The number of hydrogen-bond donors (Lipinski definition) is 6. The van der Waals surface area contributed by atoms with Crippen molar-refractivity contribution in [1.82, 2.24) is 0 Å². The lowest BCUT2D eigenvalue weighted by molar-refractivity contribution is -0.220. The molecule has 0 saturated heterocycles. The molecule has 13 heteroatoms.